The van der Waals surface area contributed by atoms with Gasteiger partial charge in [-0.3, -0.25) is 0 Å². The average Bonchev–Trinajstić information content (AvgIpc) is 2.92. The van der Waals surface area contributed by atoms with Gasteiger partial charge >= 0.3 is 0 Å². The van der Waals surface area contributed by atoms with Gasteiger partial charge in [-0.2, -0.15) is 0 Å². The van der Waals surface area contributed by atoms with Crippen LogP contribution in [0.5, 0.6) is 0 Å². The smallest absolute Gasteiger partial charge is 0.173 e. The maximum Gasteiger partial charge on any atom is 0.173 e. The summed E-state index contributed by atoms with van der Waals surface area (Å²) in [5.41, 5.74) is 7.88. The molecule has 0 saturated heterocycles. The molecular weight excluding hydrogens is 232 g/mol. The van der Waals surface area contributed by atoms with Crippen molar-refractivity contribution in [2.75, 3.05) is 5.73 Å². The number of aromatic nitrogens is 1. The first-order valence-corrected chi connectivity index (χ1v) is 6.40. The lowest BCUT2D eigenvalue weighted by Gasteiger charge is -1.97. The third-order valence-corrected chi connectivity index (χ3v) is 3.86. The van der Waals surface area contributed by atoms with E-state index in [1.807, 2.05) is 12.1 Å². The number of fused-ring (bicyclic) bond motifs is 1. The quantitative estimate of drug-likeness (QED) is 0.747. The summed E-state index contributed by atoms with van der Waals surface area (Å²) in [6, 6.07) is 8.27. The van der Waals surface area contributed by atoms with E-state index in [0.29, 0.717) is 5.82 Å². The summed E-state index contributed by atoms with van der Waals surface area (Å²) in [6.07, 6.45) is 0.828. The molecule has 1 aromatic carbocycles. The van der Waals surface area contributed by atoms with Gasteiger partial charge in [0.25, 0.3) is 0 Å². The second kappa shape index (κ2) is 3.89. The van der Waals surface area contributed by atoms with Crippen molar-refractivity contribution in [1.29, 1.82) is 0 Å². The molecule has 0 aliphatic rings. The van der Waals surface area contributed by atoms with Gasteiger partial charge in [-0.25, -0.2) is 0 Å². The Balaban J connectivity index is 2.27. The monoisotopic (exact) mass is 244 g/mol. The molecule has 0 spiro atoms. The number of benzene rings is 1. The van der Waals surface area contributed by atoms with Crippen molar-refractivity contribution in [3.05, 3.63) is 35.2 Å². The largest absolute Gasteiger partial charge is 0.381 e. The van der Waals surface area contributed by atoms with Crippen molar-refractivity contribution in [2.24, 2.45) is 0 Å². The lowest BCUT2D eigenvalue weighted by atomic mass is 10.1. The Kier molecular flexibility index (Phi) is 2.37. The van der Waals surface area contributed by atoms with Crippen molar-refractivity contribution in [2.45, 2.75) is 13.3 Å². The molecule has 0 unspecified atom stereocenters. The fraction of sp³-hybridized carbons (Fsp3) is 0.154. The first kappa shape index (κ1) is 10.4. The van der Waals surface area contributed by atoms with Crippen molar-refractivity contribution >= 4 is 27.2 Å². The van der Waals surface area contributed by atoms with Gasteiger partial charge in [0.2, 0.25) is 0 Å². The van der Waals surface area contributed by atoms with Crippen LogP contribution in [0, 0.1) is 0 Å². The van der Waals surface area contributed by atoms with Crippen LogP contribution in [-0.2, 0) is 6.42 Å². The lowest BCUT2D eigenvalue weighted by molar-refractivity contribution is 0.435. The Morgan fingerprint density at radius 2 is 2.18 bits per heavy atom. The van der Waals surface area contributed by atoms with E-state index in [-0.39, 0.29) is 0 Å². The number of thiophene rings is 1. The molecule has 3 rings (SSSR count). The molecule has 0 radical (unpaired) electrons. The number of hydrogen-bond donors (Lipinski definition) is 1. The minimum Gasteiger partial charge on any atom is -0.381 e. The van der Waals surface area contributed by atoms with Gasteiger partial charge in [0.1, 0.15) is 0 Å². The molecule has 3 nitrogen and oxygen atoms in total. The molecule has 2 heterocycles. The van der Waals surface area contributed by atoms with Crippen LogP contribution in [0.4, 0.5) is 5.82 Å². The summed E-state index contributed by atoms with van der Waals surface area (Å²) < 4.78 is 6.62. The van der Waals surface area contributed by atoms with E-state index >= 15 is 0 Å². The number of hydrogen-bond acceptors (Lipinski definition) is 4. The van der Waals surface area contributed by atoms with Gasteiger partial charge in [-0.05, 0) is 12.5 Å². The number of nitrogens with two attached hydrogens (primary N) is 1. The molecule has 2 N–H and O–H groups in total. The van der Waals surface area contributed by atoms with Gasteiger partial charge in [-0.15, -0.1) is 11.3 Å². The SMILES string of the molecule is CCc1c(N)noc1-c1csc2ccccc12. The second-order valence-electron chi connectivity index (χ2n) is 3.87. The predicted molar refractivity (Wildman–Crippen MR) is 71.1 cm³/mol. The van der Waals surface area contributed by atoms with E-state index in [9.17, 15) is 0 Å². The highest BCUT2D eigenvalue weighted by molar-refractivity contribution is 7.17. The highest BCUT2D eigenvalue weighted by Crippen LogP contribution is 2.37. The standard InChI is InChI=1S/C13H12N2OS/c1-2-8-12(16-15-13(8)14)10-7-17-11-6-4-3-5-9(10)11/h3-7H,2H2,1H3,(H2,14,15). The van der Waals surface area contributed by atoms with Crippen LogP contribution in [-0.4, -0.2) is 5.16 Å². The predicted octanol–water partition coefficient (Wildman–Crippen LogP) is 3.70. The molecule has 0 saturated carbocycles. The fourth-order valence-electron chi connectivity index (χ4n) is 2.03. The van der Waals surface area contributed by atoms with Crippen molar-refractivity contribution < 1.29 is 4.52 Å². The first-order chi connectivity index (χ1) is 8.31. The maximum absolute atomic E-state index is 5.80. The minimum atomic E-state index is 0.498. The topological polar surface area (TPSA) is 52.0 Å². The zero-order valence-corrected chi connectivity index (χ0v) is 10.3. The molecule has 0 aliphatic carbocycles. The molecule has 17 heavy (non-hydrogen) atoms. The zero-order chi connectivity index (χ0) is 11.8. The maximum atomic E-state index is 5.80. The molecule has 0 bridgehead atoms. The Labute approximate surface area is 103 Å². The van der Waals surface area contributed by atoms with Crippen molar-refractivity contribution in [3.63, 3.8) is 0 Å². The highest BCUT2D eigenvalue weighted by atomic mass is 32.1. The third kappa shape index (κ3) is 1.52. The fourth-order valence-corrected chi connectivity index (χ4v) is 2.97. The summed E-state index contributed by atoms with van der Waals surface area (Å²) in [5, 5.41) is 7.16. The van der Waals surface area contributed by atoms with Gasteiger partial charge in [0, 0.05) is 26.6 Å². The summed E-state index contributed by atoms with van der Waals surface area (Å²) >= 11 is 1.71. The van der Waals surface area contributed by atoms with Crippen molar-refractivity contribution in [3.8, 4) is 11.3 Å². The molecule has 86 valence electrons. The Morgan fingerprint density at radius 1 is 1.35 bits per heavy atom. The molecule has 4 heteroatoms. The van der Waals surface area contributed by atoms with Gasteiger partial charge in [-0.1, -0.05) is 30.3 Å². The van der Waals surface area contributed by atoms with Crippen molar-refractivity contribution in [1.82, 2.24) is 5.16 Å². The van der Waals surface area contributed by atoms with Crippen LogP contribution in [0.15, 0.2) is 34.2 Å². The molecule has 0 aliphatic heterocycles. The van der Waals surface area contributed by atoms with Crippen LogP contribution in [0.1, 0.15) is 12.5 Å². The van der Waals surface area contributed by atoms with E-state index in [2.05, 4.69) is 29.6 Å². The normalized spacial score (nSPS) is 11.1. The van der Waals surface area contributed by atoms with Gasteiger partial charge in [0.05, 0.1) is 0 Å². The molecule has 0 fully saturated rings. The molecule has 3 aromatic rings. The van der Waals surface area contributed by atoms with E-state index < -0.39 is 0 Å². The first-order valence-electron chi connectivity index (χ1n) is 5.52. The van der Waals surface area contributed by atoms with Gasteiger partial charge in [0.15, 0.2) is 11.6 Å². The number of anilines is 1. The Morgan fingerprint density at radius 3 is 3.00 bits per heavy atom. The summed E-state index contributed by atoms with van der Waals surface area (Å²) in [5.74, 6) is 1.31. The van der Waals surface area contributed by atoms with Gasteiger partial charge < -0.3 is 10.3 Å². The average molecular weight is 244 g/mol. The Hall–Kier alpha value is -1.81. The molecule has 0 atom stereocenters. The number of nitrogens with zero attached hydrogens (tertiary/aromatic N) is 1. The molecule has 0 amide bonds. The minimum absolute atomic E-state index is 0.498. The van der Waals surface area contributed by atoms with Crippen LogP contribution < -0.4 is 5.73 Å². The second-order valence-corrected chi connectivity index (χ2v) is 4.79. The number of nitrogen functional groups attached to an aromatic ring is 1. The van der Waals surface area contributed by atoms with Crippen LogP contribution in [0.2, 0.25) is 0 Å². The highest BCUT2D eigenvalue weighted by Gasteiger charge is 2.17. The van der Waals surface area contributed by atoms with Crippen LogP contribution >= 0.6 is 11.3 Å². The summed E-state index contributed by atoms with van der Waals surface area (Å²) in [6.45, 7) is 2.06. The zero-order valence-electron chi connectivity index (χ0n) is 9.43. The van der Waals surface area contributed by atoms with E-state index in [1.54, 1.807) is 11.3 Å². The van der Waals surface area contributed by atoms with Crippen LogP contribution in [0.3, 0.4) is 0 Å². The van der Waals surface area contributed by atoms with E-state index in [0.717, 1.165) is 23.3 Å². The van der Waals surface area contributed by atoms with E-state index in [1.165, 1.54) is 10.1 Å². The van der Waals surface area contributed by atoms with Crippen LogP contribution in [0.25, 0.3) is 21.4 Å². The molecular formula is C13H12N2OS. The Bertz CT molecular complexity index is 669. The van der Waals surface area contributed by atoms with E-state index in [4.69, 9.17) is 10.3 Å². The molecule has 2 aromatic heterocycles. The summed E-state index contributed by atoms with van der Waals surface area (Å²) in [7, 11) is 0. The lowest BCUT2D eigenvalue weighted by Crippen LogP contribution is -1.90. The third-order valence-electron chi connectivity index (χ3n) is 2.90. The summed E-state index contributed by atoms with van der Waals surface area (Å²) in [4.78, 5) is 0. The number of rotatable bonds is 2.